The van der Waals surface area contributed by atoms with Crippen LogP contribution in [0.1, 0.15) is 37.7 Å². The molecule has 96 valence electrons. The fourth-order valence-electron chi connectivity index (χ4n) is 2.07. The van der Waals surface area contributed by atoms with Crippen molar-refractivity contribution < 1.29 is 9.13 Å². The third kappa shape index (κ3) is 3.65. The summed E-state index contributed by atoms with van der Waals surface area (Å²) in [6.07, 6.45) is 5.36. The van der Waals surface area contributed by atoms with E-state index in [4.69, 9.17) is 16.3 Å². The minimum atomic E-state index is -0.326. The Morgan fingerprint density at radius 1 is 1.33 bits per heavy atom. The van der Waals surface area contributed by atoms with Gasteiger partial charge < -0.3 is 4.74 Å². The Balaban J connectivity index is 2.02. The van der Waals surface area contributed by atoms with Crippen LogP contribution in [0.25, 0.3) is 0 Å². The van der Waals surface area contributed by atoms with E-state index in [9.17, 15) is 4.39 Å². The molecule has 0 unspecified atom stereocenters. The molecule has 1 aromatic carbocycles. The molecule has 1 aliphatic rings. The molecule has 1 aliphatic carbocycles. The van der Waals surface area contributed by atoms with E-state index in [2.05, 4.69) is 11.8 Å². The molecule has 0 saturated heterocycles. The third-order valence-corrected chi connectivity index (χ3v) is 3.18. The van der Waals surface area contributed by atoms with Crippen molar-refractivity contribution >= 4 is 11.6 Å². The Morgan fingerprint density at radius 3 is 2.78 bits per heavy atom. The van der Waals surface area contributed by atoms with Gasteiger partial charge in [-0.3, -0.25) is 0 Å². The van der Waals surface area contributed by atoms with Gasteiger partial charge in [-0.25, -0.2) is 4.39 Å². The molecule has 2 rings (SSSR count). The molecule has 0 N–H and O–H groups in total. The monoisotopic (exact) mass is 266 g/mol. The predicted octanol–water partition coefficient (Wildman–Crippen LogP) is 4.13. The molecule has 0 radical (unpaired) electrons. The van der Waals surface area contributed by atoms with E-state index in [0.717, 1.165) is 12.8 Å². The second-order valence-electron chi connectivity index (χ2n) is 4.41. The quantitative estimate of drug-likeness (QED) is 0.590. The van der Waals surface area contributed by atoms with E-state index in [1.165, 1.54) is 18.9 Å². The van der Waals surface area contributed by atoms with Crippen LogP contribution in [-0.4, -0.2) is 12.0 Å². The highest BCUT2D eigenvalue weighted by atomic mass is 35.5. The van der Waals surface area contributed by atoms with Crippen molar-refractivity contribution in [2.75, 3.05) is 5.88 Å². The summed E-state index contributed by atoms with van der Waals surface area (Å²) < 4.78 is 19.5. The van der Waals surface area contributed by atoms with Crippen molar-refractivity contribution in [2.24, 2.45) is 0 Å². The van der Waals surface area contributed by atoms with Crippen molar-refractivity contribution in [1.29, 1.82) is 0 Å². The molecule has 1 aromatic rings. The first-order valence-corrected chi connectivity index (χ1v) is 6.84. The van der Waals surface area contributed by atoms with Gasteiger partial charge in [0.2, 0.25) is 0 Å². The van der Waals surface area contributed by atoms with E-state index in [0.29, 0.717) is 23.6 Å². The van der Waals surface area contributed by atoms with Crippen LogP contribution in [0.15, 0.2) is 18.2 Å². The molecule has 1 fully saturated rings. The minimum Gasteiger partial charge on any atom is -0.490 e. The van der Waals surface area contributed by atoms with E-state index >= 15 is 0 Å². The van der Waals surface area contributed by atoms with Crippen LogP contribution >= 0.6 is 11.6 Å². The van der Waals surface area contributed by atoms with Crippen molar-refractivity contribution in [3.8, 4) is 17.6 Å². The minimum absolute atomic E-state index is 0.248. The number of hydrogen-bond donors (Lipinski definition) is 0. The van der Waals surface area contributed by atoms with Gasteiger partial charge in [-0.05, 0) is 37.8 Å². The summed E-state index contributed by atoms with van der Waals surface area (Å²) in [5.41, 5.74) is 0.402. The summed E-state index contributed by atoms with van der Waals surface area (Å²) in [5.74, 6) is 6.33. The van der Waals surface area contributed by atoms with Crippen molar-refractivity contribution in [1.82, 2.24) is 0 Å². The van der Waals surface area contributed by atoms with E-state index in [1.54, 1.807) is 12.1 Å². The predicted molar refractivity (Wildman–Crippen MR) is 71.5 cm³/mol. The lowest BCUT2D eigenvalue weighted by Crippen LogP contribution is -2.10. The average Bonchev–Trinajstić information content (AvgIpc) is 2.85. The van der Waals surface area contributed by atoms with Crippen LogP contribution in [0.5, 0.6) is 5.75 Å². The molecular weight excluding hydrogens is 251 g/mol. The van der Waals surface area contributed by atoms with Gasteiger partial charge in [0.25, 0.3) is 0 Å². The highest BCUT2D eigenvalue weighted by Crippen LogP contribution is 2.25. The molecular formula is C15H16ClFO. The van der Waals surface area contributed by atoms with Crippen LogP contribution < -0.4 is 4.74 Å². The third-order valence-electron chi connectivity index (χ3n) is 2.99. The number of ether oxygens (including phenoxy) is 1. The fraction of sp³-hybridized carbons (Fsp3) is 0.467. The summed E-state index contributed by atoms with van der Waals surface area (Å²) >= 11 is 5.51. The Bertz CT molecular complexity index is 455. The Labute approximate surface area is 112 Å². The topological polar surface area (TPSA) is 9.23 Å². The summed E-state index contributed by atoms with van der Waals surface area (Å²) in [5, 5.41) is 0. The lowest BCUT2D eigenvalue weighted by molar-refractivity contribution is 0.209. The van der Waals surface area contributed by atoms with E-state index < -0.39 is 0 Å². The molecule has 18 heavy (non-hydrogen) atoms. The van der Waals surface area contributed by atoms with Crippen LogP contribution in [-0.2, 0) is 0 Å². The van der Waals surface area contributed by atoms with Gasteiger partial charge in [-0.2, -0.15) is 0 Å². The van der Waals surface area contributed by atoms with Crippen molar-refractivity contribution in [3.63, 3.8) is 0 Å². The maximum Gasteiger partial charge on any atom is 0.142 e. The zero-order chi connectivity index (χ0) is 12.8. The van der Waals surface area contributed by atoms with Crippen molar-refractivity contribution in [3.05, 3.63) is 29.6 Å². The number of rotatable bonds is 3. The summed E-state index contributed by atoms with van der Waals surface area (Å²) in [7, 11) is 0. The number of benzene rings is 1. The fourth-order valence-corrected chi connectivity index (χ4v) is 2.17. The summed E-state index contributed by atoms with van der Waals surface area (Å²) in [4.78, 5) is 0. The number of hydrogen-bond acceptors (Lipinski definition) is 1. The van der Waals surface area contributed by atoms with Gasteiger partial charge in [0.15, 0.2) is 0 Å². The second-order valence-corrected chi connectivity index (χ2v) is 4.78. The number of alkyl halides is 1. The van der Waals surface area contributed by atoms with Crippen LogP contribution in [0.2, 0.25) is 0 Å². The smallest absolute Gasteiger partial charge is 0.142 e. The van der Waals surface area contributed by atoms with Gasteiger partial charge in [-0.15, -0.1) is 11.6 Å². The van der Waals surface area contributed by atoms with E-state index in [-0.39, 0.29) is 11.9 Å². The molecule has 3 heteroatoms. The van der Waals surface area contributed by atoms with Crippen molar-refractivity contribution in [2.45, 2.75) is 38.2 Å². The molecule has 1 saturated carbocycles. The van der Waals surface area contributed by atoms with Gasteiger partial charge in [0.1, 0.15) is 11.6 Å². The SMILES string of the molecule is Fc1cc(OC2CCCC2)ccc1C#CCCCl. The molecule has 0 bridgehead atoms. The van der Waals surface area contributed by atoms with Crippen LogP contribution in [0.4, 0.5) is 4.39 Å². The maximum atomic E-state index is 13.7. The molecule has 0 spiro atoms. The molecule has 0 aliphatic heterocycles. The van der Waals surface area contributed by atoms with Crippen LogP contribution in [0, 0.1) is 17.7 Å². The zero-order valence-corrected chi connectivity index (χ0v) is 11.0. The van der Waals surface area contributed by atoms with Gasteiger partial charge in [0, 0.05) is 18.4 Å². The van der Waals surface area contributed by atoms with Gasteiger partial charge in [0.05, 0.1) is 11.7 Å². The summed E-state index contributed by atoms with van der Waals surface area (Å²) in [6, 6.07) is 4.87. The van der Waals surface area contributed by atoms with E-state index in [1.807, 2.05) is 0 Å². The van der Waals surface area contributed by atoms with Gasteiger partial charge >= 0.3 is 0 Å². The standard InChI is InChI=1S/C15H16ClFO/c16-10-4-3-5-12-8-9-14(11-15(12)17)18-13-6-1-2-7-13/h8-9,11,13H,1-2,4,6-7,10H2. The Morgan fingerprint density at radius 2 is 2.11 bits per heavy atom. The Kier molecular flexibility index (Phi) is 4.90. The first-order chi connectivity index (χ1) is 8.79. The summed E-state index contributed by atoms with van der Waals surface area (Å²) in [6.45, 7) is 0. The van der Waals surface area contributed by atoms with Gasteiger partial charge in [-0.1, -0.05) is 11.8 Å². The lowest BCUT2D eigenvalue weighted by atomic mass is 10.2. The molecule has 0 amide bonds. The second kappa shape index (κ2) is 6.66. The molecule has 0 atom stereocenters. The lowest BCUT2D eigenvalue weighted by Gasteiger charge is -2.13. The largest absolute Gasteiger partial charge is 0.490 e. The molecule has 0 aromatic heterocycles. The average molecular weight is 267 g/mol. The zero-order valence-electron chi connectivity index (χ0n) is 10.2. The maximum absolute atomic E-state index is 13.7. The molecule has 0 heterocycles. The normalized spacial score (nSPS) is 15.2. The van der Waals surface area contributed by atoms with Crippen LogP contribution in [0.3, 0.4) is 0 Å². The molecule has 1 nitrogen and oxygen atoms in total. The highest BCUT2D eigenvalue weighted by molar-refractivity contribution is 6.18. The first-order valence-electron chi connectivity index (χ1n) is 6.30. The first kappa shape index (κ1) is 13.2. The highest BCUT2D eigenvalue weighted by Gasteiger charge is 2.16. The Hall–Kier alpha value is -1.20. The number of halogens is 2.